The number of carbonyl (C=O) groups excluding carboxylic acids is 1. The molecule has 4 nitrogen and oxygen atoms in total. The van der Waals surface area contributed by atoms with Crippen molar-refractivity contribution in [2.75, 3.05) is 20.3 Å². The zero-order chi connectivity index (χ0) is 16.7. The lowest BCUT2D eigenvalue weighted by atomic mass is 9.68. The first-order chi connectivity index (χ1) is 10.9. The van der Waals surface area contributed by atoms with Gasteiger partial charge in [0.2, 0.25) is 0 Å². The number of ketones is 1. The van der Waals surface area contributed by atoms with E-state index in [-0.39, 0.29) is 12.3 Å². The van der Waals surface area contributed by atoms with Crippen LogP contribution in [-0.4, -0.2) is 49.6 Å². The summed E-state index contributed by atoms with van der Waals surface area (Å²) in [6.07, 6.45) is 4.78. The molecule has 1 aliphatic heterocycles. The average molecular weight is 326 g/mol. The first kappa shape index (κ1) is 17.1. The molecule has 0 aromatic carbocycles. The third-order valence-corrected chi connectivity index (χ3v) is 5.57. The number of allylic oxidation sites excluding steroid dienone is 1. The van der Waals surface area contributed by atoms with Crippen LogP contribution in [0.1, 0.15) is 46.0 Å². The van der Waals surface area contributed by atoms with Gasteiger partial charge in [-0.1, -0.05) is 11.6 Å². The van der Waals surface area contributed by atoms with Crippen LogP contribution in [0.2, 0.25) is 0 Å². The predicted molar refractivity (Wildman–Crippen MR) is 84.1 cm³/mol. The Morgan fingerprint density at radius 2 is 2.04 bits per heavy atom. The molecule has 0 aromatic rings. The maximum absolute atomic E-state index is 14.0. The molecule has 0 radical (unpaired) electrons. The molecule has 5 heteroatoms. The van der Waals surface area contributed by atoms with E-state index in [1.807, 2.05) is 13.8 Å². The molecule has 1 heterocycles. The summed E-state index contributed by atoms with van der Waals surface area (Å²) in [6.45, 7) is 4.88. The predicted octanol–water partition coefficient (Wildman–Crippen LogP) is 2.99. The first-order valence-corrected chi connectivity index (χ1v) is 8.56. The number of alkyl halides is 1. The minimum absolute atomic E-state index is 0.115. The maximum Gasteiger partial charge on any atom is 0.196 e. The second-order valence-electron chi connectivity index (χ2n) is 7.55. The van der Waals surface area contributed by atoms with Gasteiger partial charge in [-0.25, -0.2) is 4.39 Å². The van der Waals surface area contributed by atoms with E-state index >= 15 is 0 Å². The van der Waals surface area contributed by atoms with Crippen LogP contribution in [0, 0.1) is 5.92 Å². The fourth-order valence-electron chi connectivity index (χ4n) is 4.29. The summed E-state index contributed by atoms with van der Waals surface area (Å²) in [6, 6.07) is 0. The molecule has 1 spiro atoms. The Morgan fingerprint density at radius 3 is 2.61 bits per heavy atom. The number of ether oxygens (including phenoxy) is 3. The van der Waals surface area contributed by atoms with E-state index in [0.717, 1.165) is 12.8 Å². The van der Waals surface area contributed by atoms with Gasteiger partial charge in [0.05, 0.1) is 24.7 Å². The molecule has 0 unspecified atom stereocenters. The van der Waals surface area contributed by atoms with E-state index in [2.05, 4.69) is 6.08 Å². The molecule has 0 N–H and O–H groups in total. The van der Waals surface area contributed by atoms with Crippen molar-refractivity contribution >= 4 is 5.78 Å². The van der Waals surface area contributed by atoms with Crippen molar-refractivity contribution in [1.82, 2.24) is 0 Å². The second kappa shape index (κ2) is 6.26. The average Bonchev–Trinajstić information content (AvgIpc) is 3.04. The number of carbonyl (C=O) groups is 1. The Labute approximate surface area is 137 Å². The molecule has 23 heavy (non-hydrogen) atoms. The minimum atomic E-state index is -1.50. The number of hydrogen-bond donors (Lipinski definition) is 0. The lowest BCUT2D eigenvalue weighted by Gasteiger charge is -2.44. The summed E-state index contributed by atoms with van der Waals surface area (Å²) in [7, 11) is 1.46. The van der Waals surface area contributed by atoms with Gasteiger partial charge in [0.25, 0.3) is 0 Å². The Bertz CT molecular complexity index is 487. The zero-order valence-corrected chi connectivity index (χ0v) is 14.3. The van der Waals surface area contributed by atoms with Gasteiger partial charge in [-0.05, 0) is 39.5 Å². The lowest BCUT2D eigenvalue weighted by molar-refractivity contribution is -0.169. The Morgan fingerprint density at radius 1 is 1.39 bits per heavy atom. The highest BCUT2D eigenvalue weighted by molar-refractivity contribution is 5.89. The summed E-state index contributed by atoms with van der Waals surface area (Å²) in [5, 5.41) is 0. The summed E-state index contributed by atoms with van der Waals surface area (Å²) in [5.41, 5.74) is 0.214. The van der Waals surface area contributed by atoms with E-state index < -0.39 is 29.3 Å². The van der Waals surface area contributed by atoms with Crippen molar-refractivity contribution < 1.29 is 23.4 Å². The van der Waals surface area contributed by atoms with Crippen LogP contribution in [0.5, 0.6) is 0 Å². The van der Waals surface area contributed by atoms with Crippen molar-refractivity contribution in [3.8, 4) is 0 Å². The second-order valence-corrected chi connectivity index (χ2v) is 7.55. The normalized spacial score (nSPS) is 37.5. The van der Waals surface area contributed by atoms with E-state index in [1.165, 1.54) is 25.5 Å². The highest BCUT2D eigenvalue weighted by Gasteiger charge is 2.66. The largest absolute Gasteiger partial charge is 0.373 e. The summed E-state index contributed by atoms with van der Waals surface area (Å²) in [5.74, 6) is -0.772. The smallest absolute Gasteiger partial charge is 0.196 e. The van der Waals surface area contributed by atoms with Crippen molar-refractivity contribution in [2.45, 2.75) is 69.4 Å². The van der Waals surface area contributed by atoms with E-state index in [4.69, 9.17) is 14.2 Å². The molecular formula is C18H27FO4. The summed E-state index contributed by atoms with van der Waals surface area (Å²) in [4.78, 5) is 12.2. The van der Waals surface area contributed by atoms with Crippen LogP contribution in [0.25, 0.3) is 0 Å². The standard InChI is InChI=1S/C18H27FO4/c1-17(2,22-9-8-12-6-4-5-7-12)16-15(21-3)14(20)13(19)10-18(16)11-23-18/h8,13,15-16H,4-7,9-11H2,1-3H3/t13-,15+,16+,18-/m0/s1. The fraction of sp³-hybridized carbons (Fsp3) is 0.833. The lowest BCUT2D eigenvalue weighted by Crippen LogP contribution is -2.59. The number of hydrogen-bond acceptors (Lipinski definition) is 4. The molecule has 3 rings (SSSR count). The first-order valence-electron chi connectivity index (χ1n) is 8.56. The van der Waals surface area contributed by atoms with E-state index in [0.29, 0.717) is 13.2 Å². The zero-order valence-electron chi connectivity index (χ0n) is 14.3. The third kappa shape index (κ3) is 3.24. The maximum atomic E-state index is 14.0. The molecule has 3 aliphatic rings. The highest BCUT2D eigenvalue weighted by atomic mass is 19.1. The molecule has 0 aromatic heterocycles. The van der Waals surface area contributed by atoms with Gasteiger partial charge in [0, 0.05) is 13.5 Å². The highest BCUT2D eigenvalue weighted by Crippen LogP contribution is 2.51. The summed E-state index contributed by atoms with van der Waals surface area (Å²) < 4.78 is 31.1. The molecule has 4 atom stereocenters. The van der Waals surface area contributed by atoms with Crippen molar-refractivity contribution in [3.05, 3.63) is 11.6 Å². The number of epoxide rings is 1. The molecule has 0 bridgehead atoms. The Hall–Kier alpha value is -0.780. The minimum Gasteiger partial charge on any atom is -0.373 e. The monoisotopic (exact) mass is 326 g/mol. The van der Waals surface area contributed by atoms with Gasteiger partial charge in [-0.2, -0.15) is 0 Å². The van der Waals surface area contributed by atoms with Gasteiger partial charge in [0.1, 0.15) is 11.7 Å². The van der Waals surface area contributed by atoms with Crippen LogP contribution in [-0.2, 0) is 19.0 Å². The van der Waals surface area contributed by atoms with Crippen LogP contribution >= 0.6 is 0 Å². The van der Waals surface area contributed by atoms with Crippen molar-refractivity contribution in [2.24, 2.45) is 5.92 Å². The van der Waals surface area contributed by atoms with Crippen LogP contribution in [0.3, 0.4) is 0 Å². The Kier molecular flexibility index (Phi) is 4.64. The van der Waals surface area contributed by atoms with E-state index in [1.54, 1.807) is 0 Å². The van der Waals surface area contributed by atoms with Crippen LogP contribution in [0.4, 0.5) is 4.39 Å². The number of methoxy groups -OCH3 is 1. The fourth-order valence-corrected chi connectivity index (χ4v) is 4.29. The number of rotatable bonds is 5. The van der Waals surface area contributed by atoms with Gasteiger partial charge in [-0.3, -0.25) is 4.79 Å². The number of Topliss-reactive ketones (excluding diaryl/α,β-unsaturated/α-hetero) is 1. The quantitative estimate of drug-likeness (QED) is 0.576. The van der Waals surface area contributed by atoms with E-state index in [9.17, 15) is 9.18 Å². The van der Waals surface area contributed by atoms with Crippen LogP contribution < -0.4 is 0 Å². The van der Waals surface area contributed by atoms with Gasteiger partial charge < -0.3 is 14.2 Å². The molecule has 0 amide bonds. The van der Waals surface area contributed by atoms with Gasteiger partial charge in [0.15, 0.2) is 12.0 Å². The molecule has 2 saturated carbocycles. The van der Waals surface area contributed by atoms with Crippen LogP contribution in [0.15, 0.2) is 11.6 Å². The third-order valence-electron chi connectivity index (χ3n) is 5.57. The topological polar surface area (TPSA) is 48.1 Å². The van der Waals surface area contributed by atoms with Gasteiger partial charge >= 0.3 is 0 Å². The molecule has 130 valence electrons. The molecular weight excluding hydrogens is 299 g/mol. The number of halogens is 1. The molecule has 2 aliphatic carbocycles. The van der Waals surface area contributed by atoms with Gasteiger partial charge in [-0.15, -0.1) is 0 Å². The van der Waals surface area contributed by atoms with Crippen molar-refractivity contribution in [1.29, 1.82) is 0 Å². The summed E-state index contributed by atoms with van der Waals surface area (Å²) >= 11 is 0. The SMILES string of the molecule is CO[C@@H]1C(=O)[C@@H](F)C[C@]2(CO2)[C@H]1C(C)(C)OCC=C1CCCC1. The van der Waals surface area contributed by atoms with Crippen molar-refractivity contribution in [3.63, 3.8) is 0 Å². The molecule has 3 fully saturated rings. The molecule has 1 saturated heterocycles. The Balaban J connectivity index is 1.73.